The zero-order valence-electron chi connectivity index (χ0n) is 12.2. The Hall–Kier alpha value is -2.15. The number of carbonyl (C=O) groups excluding carboxylic acids is 1. The van der Waals surface area contributed by atoms with E-state index in [2.05, 4.69) is 10.3 Å². The highest BCUT2D eigenvalue weighted by Crippen LogP contribution is 2.24. The first-order chi connectivity index (χ1) is 11.5. The number of pyridine rings is 1. The molecule has 3 aromatic rings. The molecule has 0 saturated carbocycles. The molecule has 0 atom stereocenters. The van der Waals surface area contributed by atoms with Crippen LogP contribution in [-0.4, -0.2) is 15.5 Å². The lowest BCUT2D eigenvalue weighted by molar-refractivity contribution is 0.102. The molecule has 2 heterocycles. The fourth-order valence-corrected chi connectivity index (χ4v) is 3.14. The maximum atomic E-state index is 12.2. The molecule has 0 aliphatic carbocycles. The van der Waals surface area contributed by atoms with Gasteiger partial charge in [0, 0.05) is 39.4 Å². The molecular formula is C16H11Cl2N3O2S. The molecule has 5 nitrogen and oxygen atoms in total. The van der Waals surface area contributed by atoms with Crippen LogP contribution < -0.4 is 10.9 Å². The van der Waals surface area contributed by atoms with Crippen LogP contribution in [0.1, 0.15) is 15.9 Å². The van der Waals surface area contributed by atoms with Gasteiger partial charge in [0.25, 0.3) is 11.5 Å². The molecule has 3 rings (SSSR count). The van der Waals surface area contributed by atoms with Gasteiger partial charge in [0.2, 0.25) is 0 Å². The van der Waals surface area contributed by atoms with E-state index in [1.165, 1.54) is 34.2 Å². The summed E-state index contributed by atoms with van der Waals surface area (Å²) < 4.78 is 1.39. The molecule has 0 bridgehead atoms. The molecule has 0 radical (unpaired) electrons. The number of anilines is 1. The van der Waals surface area contributed by atoms with E-state index in [4.69, 9.17) is 23.2 Å². The van der Waals surface area contributed by atoms with Gasteiger partial charge < -0.3 is 4.57 Å². The summed E-state index contributed by atoms with van der Waals surface area (Å²) in [6.45, 7) is 0.176. The van der Waals surface area contributed by atoms with Crippen LogP contribution in [-0.2, 0) is 6.54 Å². The van der Waals surface area contributed by atoms with Crippen molar-refractivity contribution in [3.05, 3.63) is 79.6 Å². The van der Waals surface area contributed by atoms with E-state index in [1.807, 2.05) is 0 Å². The number of halogens is 2. The summed E-state index contributed by atoms with van der Waals surface area (Å²) >= 11 is 13.6. The second kappa shape index (κ2) is 7.17. The summed E-state index contributed by atoms with van der Waals surface area (Å²) in [6.07, 6.45) is 3.07. The minimum Gasteiger partial charge on any atom is -0.310 e. The Morgan fingerprint density at radius 1 is 1.21 bits per heavy atom. The van der Waals surface area contributed by atoms with E-state index in [0.29, 0.717) is 26.3 Å². The monoisotopic (exact) mass is 379 g/mol. The number of rotatable bonds is 4. The first kappa shape index (κ1) is 16.7. The van der Waals surface area contributed by atoms with E-state index in [-0.39, 0.29) is 18.0 Å². The summed E-state index contributed by atoms with van der Waals surface area (Å²) in [6, 6.07) is 7.94. The number of benzene rings is 1. The van der Waals surface area contributed by atoms with Crippen LogP contribution in [0.15, 0.2) is 52.9 Å². The second-order valence-electron chi connectivity index (χ2n) is 4.88. The Bertz CT molecular complexity index is 918. The molecule has 122 valence electrons. The molecule has 0 unspecified atom stereocenters. The third kappa shape index (κ3) is 3.67. The fraction of sp³-hybridized carbons (Fsp3) is 0.0625. The van der Waals surface area contributed by atoms with Gasteiger partial charge in [0.15, 0.2) is 5.13 Å². The van der Waals surface area contributed by atoms with Crippen molar-refractivity contribution in [3.8, 4) is 0 Å². The predicted octanol–water partition coefficient (Wildman–Crippen LogP) is 3.91. The zero-order valence-corrected chi connectivity index (χ0v) is 14.5. The Labute approximate surface area is 151 Å². The SMILES string of the molecule is O=C(Nc1nccs1)c1ccc(=O)n(Cc2c(Cl)cccc2Cl)c1. The van der Waals surface area contributed by atoms with Crippen LogP contribution in [0.3, 0.4) is 0 Å². The van der Waals surface area contributed by atoms with Crippen LogP contribution >= 0.6 is 34.5 Å². The highest BCUT2D eigenvalue weighted by molar-refractivity contribution is 7.13. The van der Waals surface area contributed by atoms with Crippen molar-refractivity contribution in [2.24, 2.45) is 0 Å². The van der Waals surface area contributed by atoms with Gasteiger partial charge in [-0.05, 0) is 18.2 Å². The molecule has 0 saturated heterocycles. The topological polar surface area (TPSA) is 64.0 Å². The maximum absolute atomic E-state index is 12.2. The Balaban J connectivity index is 1.89. The van der Waals surface area contributed by atoms with E-state index >= 15 is 0 Å². The number of nitrogens with one attached hydrogen (secondary N) is 1. The lowest BCUT2D eigenvalue weighted by Gasteiger charge is -2.11. The summed E-state index contributed by atoms with van der Waals surface area (Å²) in [7, 11) is 0. The van der Waals surface area contributed by atoms with Crippen molar-refractivity contribution in [1.82, 2.24) is 9.55 Å². The normalized spacial score (nSPS) is 10.6. The summed E-state index contributed by atoms with van der Waals surface area (Å²) in [5, 5.41) is 5.85. The first-order valence-electron chi connectivity index (χ1n) is 6.89. The minimum absolute atomic E-state index is 0.176. The van der Waals surface area contributed by atoms with Crippen molar-refractivity contribution in [1.29, 1.82) is 0 Å². The van der Waals surface area contributed by atoms with Crippen molar-refractivity contribution in [3.63, 3.8) is 0 Å². The van der Waals surface area contributed by atoms with Gasteiger partial charge in [-0.1, -0.05) is 29.3 Å². The van der Waals surface area contributed by atoms with Gasteiger partial charge in [0.1, 0.15) is 0 Å². The van der Waals surface area contributed by atoms with Gasteiger partial charge in [-0.2, -0.15) is 0 Å². The van der Waals surface area contributed by atoms with Gasteiger partial charge in [-0.15, -0.1) is 11.3 Å². The summed E-state index contributed by atoms with van der Waals surface area (Å²) in [5.74, 6) is -0.344. The van der Waals surface area contributed by atoms with Crippen LogP contribution in [0, 0.1) is 0 Å². The lowest BCUT2D eigenvalue weighted by atomic mass is 10.2. The number of hydrogen-bond donors (Lipinski definition) is 1. The molecule has 1 amide bonds. The molecule has 1 N–H and O–H groups in total. The van der Waals surface area contributed by atoms with Crippen LogP contribution in [0.5, 0.6) is 0 Å². The van der Waals surface area contributed by atoms with Crippen molar-refractivity contribution in [2.75, 3.05) is 5.32 Å². The Kier molecular flexibility index (Phi) is 4.99. The van der Waals surface area contributed by atoms with E-state index in [1.54, 1.807) is 29.8 Å². The van der Waals surface area contributed by atoms with Gasteiger partial charge in [0.05, 0.1) is 12.1 Å². The number of thiazole rings is 1. The minimum atomic E-state index is -0.344. The number of amides is 1. The molecule has 2 aromatic heterocycles. The fourth-order valence-electron chi connectivity index (χ4n) is 2.10. The number of nitrogens with zero attached hydrogens (tertiary/aromatic N) is 2. The molecule has 1 aromatic carbocycles. The van der Waals surface area contributed by atoms with Gasteiger partial charge in [-0.25, -0.2) is 4.98 Å². The molecular weight excluding hydrogens is 369 g/mol. The molecule has 0 spiro atoms. The van der Waals surface area contributed by atoms with Gasteiger partial charge in [-0.3, -0.25) is 14.9 Å². The number of hydrogen-bond acceptors (Lipinski definition) is 4. The van der Waals surface area contributed by atoms with Gasteiger partial charge >= 0.3 is 0 Å². The number of carbonyl (C=O) groups is 1. The average Bonchev–Trinajstić information content (AvgIpc) is 3.05. The van der Waals surface area contributed by atoms with E-state index in [0.717, 1.165) is 0 Å². The van der Waals surface area contributed by atoms with Crippen LogP contribution in [0.4, 0.5) is 5.13 Å². The number of aromatic nitrogens is 2. The molecule has 0 aliphatic rings. The maximum Gasteiger partial charge on any atom is 0.258 e. The van der Waals surface area contributed by atoms with Crippen LogP contribution in [0.25, 0.3) is 0 Å². The smallest absolute Gasteiger partial charge is 0.258 e. The highest BCUT2D eigenvalue weighted by atomic mass is 35.5. The lowest BCUT2D eigenvalue weighted by Crippen LogP contribution is -2.22. The molecule has 0 fully saturated rings. The molecule has 24 heavy (non-hydrogen) atoms. The highest BCUT2D eigenvalue weighted by Gasteiger charge is 2.12. The zero-order chi connectivity index (χ0) is 17.1. The quantitative estimate of drug-likeness (QED) is 0.747. The van der Waals surface area contributed by atoms with E-state index in [9.17, 15) is 9.59 Å². The Morgan fingerprint density at radius 2 is 1.96 bits per heavy atom. The Morgan fingerprint density at radius 3 is 2.62 bits per heavy atom. The third-order valence-corrected chi connectivity index (χ3v) is 4.69. The van der Waals surface area contributed by atoms with Crippen molar-refractivity contribution < 1.29 is 4.79 Å². The largest absolute Gasteiger partial charge is 0.310 e. The summed E-state index contributed by atoms with van der Waals surface area (Å²) in [5.41, 5.74) is 0.713. The average molecular weight is 380 g/mol. The summed E-state index contributed by atoms with van der Waals surface area (Å²) in [4.78, 5) is 28.3. The van der Waals surface area contributed by atoms with Crippen LogP contribution in [0.2, 0.25) is 10.0 Å². The molecule has 0 aliphatic heterocycles. The van der Waals surface area contributed by atoms with Crippen molar-refractivity contribution in [2.45, 2.75) is 6.54 Å². The third-order valence-electron chi connectivity index (χ3n) is 3.29. The second-order valence-corrected chi connectivity index (χ2v) is 6.58. The predicted molar refractivity (Wildman–Crippen MR) is 96.3 cm³/mol. The van der Waals surface area contributed by atoms with Crippen molar-refractivity contribution >= 4 is 45.6 Å². The molecule has 8 heteroatoms. The standard InChI is InChI=1S/C16H11Cl2N3O2S/c17-12-2-1-3-13(18)11(12)9-21-8-10(4-5-14(21)22)15(23)20-16-19-6-7-24-16/h1-8H,9H2,(H,19,20,23). The van der Waals surface area contributed by atoms with E-state index < -0.39 is 0 Å². The first-order valence-corrected chi connectivity index (χ1v) is 8.52.